The summed E-state index contributed by atoms with van der Waals surface area (Å²) in [4.78, 5) is 24.1. The van der Waals surface area contributed by atoms with Crippen LogP contribution in [-0.2, 0) is 11.2 Å². The van der Waals surface area contributed by atoms with Gasteiger partial charge in [0.05, 0.1) is 11.6 Å². The number of H-pyrrole nitrogens is 1. The molecule has 1 heterocycles. The standard InChI is InChI=1S/C22H22N4O3/c27-20(19-14-23-26-25-19)24-18(13-22(10-11-22)21(28)29)12-15-6-8-17(9-7-15)16-4-2-1-3-5-16/h1-9,14,18H,10-13H2,(H,24,27)(H,28,29)(H,23,25,26)/t18-/m1/s1. The van der Waals surface area contributed by atoms with Crippen LogP contribution in [0.3, 0.4) is 0 Å². The molecular formula is C22H22N4O3. The smallest absolute Gasteiger partial charge is 0.309 e. The zero-order chi connectivity index (χ0) is 20.3. The lowest BCUT2D eigenvalue weighted by atomic mass is 9.92. The summed E-state index contributed by atoms with van der Waals surface area (Å²) < 4.78 is 0. The fourth-order valence-electron chi connectivity index (χ4n) is 3.62. The van der Waals surface area contributed by atoms with Gasteiger partial charge in [0, 0.05) is 6.04 Å². The van der Waals surface area contributed by atoms with Gasteiger partial charge in [-0.2, -0.15) is 0 Å². The summed E-state index contributed by atoms with van der Waals surface area (Å²) in [6, 6.07) is 17.9. The van der Waals surface area contributed by atoms with Crippen molar-refractivity contribution in [2.75, 3.05) is 0 Å². The molecule has 0 unspecified atom stereocenters. The van der Waals surface area contributed by atoms with E-state index in [4.69, 9.17) is 0 Å². The van der Waals surface area contributed by atoms with Crippen molar-refractivity contribution in [2.24, 2.45) is 5.41 Å². The normalized spacial score (nSPS) is 15.4. The summed E-state index contributed by atoms with van der Waals surface area (Å²) in [6.45, 7) is 0. The van der Waals surface area contributed by atoms with Gasteiger partial charge >= 0.3 is 5.97 Å². The zero-order valence-electron chi connectivity index (χ0n) is 15.8. The van der Waals surface area contributed by atoms with E-state index < -0.39 is 11.4 Å². The molecule has 1 atom stereocenters. The minimum Gasteiger partial charge on any atom is -0.481 e. The summed E-state index contributed by atoms with van der Waals surface area (Å²) >= 11 is 0. The molecule has 1 aromatic heterocycles. The number of hydrogen-bond acceptors (Lipinski definition) is 4. The predicted octanol–water partition coefficient (Wildman–Crippen LogP) is 3.07. The van der Waals surface area contributed by atoms with Crippen LogP contribution in [0.1, 0.15) is 35.3 Å². The lowest BCUT2D eigenvalue weighted by Gasteiger charge is -2.22. The summed E-state index contributed by atoms with van der Waals surface area (Å²) in [5, 5.41) is 22.2. The number of benzene rings is 2. The molecule has 1 aliphatic carbocycles. The number of aromatic nitrogens is 3. The van der Waals surface area contributed by atoms with Crippen molar-refractivity contribution in [3.8, 4) is 11.1 Å². The SMILES string of the molecule is O=C(N[C@H](Cc1ccc(-c2ccccc2)cc1)CC1(C(=O)O)CC1)c1cnn[nH]1. The van der Waals surface area contributed by atoms with Crippen molar-refractivity contribution in [3.05, 3.63) is 72.1 Å². The van der Waals surface area contributed by atoms with Gasteiger partial charge in [-0.15, -0.1) is 5.10 Å². The van der Waals surface area contributed by atoms with Crippen molar-refractivity contribution < 1.29 is 14.7 Å². The number of aliphatic carboxylic acids is 1. The molecule has 148 valence electrons. The molecule has 1 aliphatic rings. The summed E-state index contributed by atoms with van der Waals surface area (Å²) in [5.74, 6) is -1.12. The zero-order valence-corrected chi connectivity index (χ0v) is 15.8. The molecule has 1 fully saturated rings. The third-order valence-electron chi connectivity index (χ3n) is 5.48. The number of amides is 1. The van der Waals surface area contributed by atoms with Gasteiger partial charge in [-0.3, -0.25) is 14.7 Å². The monoisotopic (exact) mass is 390 g/mol. The second-order valence-corrected chi connectivity index (χ2v) is 7.60. The molecular weight excluding hydrogens is 368 g/mol. The van der Waals surface area contributed by atoms with Gasteiger partial charge in [0.25, 0.3) is 5.91 Å². The minimum atomic E-state index is -0.792. The molecule has 29 heavy (non-hydrogen) atoms. The van der Waals surface area contributed by atoms with Crippen molar-refractivity contribution >= 4 is 11.9 Å². The molecule has 0 spiro atoms. The second-order valence-electron chi connectivity index (χ2n) is 7.60. The average molecular weight is 390 g/mol. The Labute approximate surface area is 168 Å². The number of carbonyl (C=O) groups excluding carboxylic acids is 1. The number of rotatable bonds is 8. The molecule has 3 aromatic rings. The van der Waals surface area contributed by atoms with Gasteiger partial charge in [0.1, 0.15) is 5.69 Å². The molecule has 0 bridgehead atoms. The third-order valence-corrected chi connectivity index (χ3v) is 5.48. The van der Waals surface area contributed by atoms with Crippen LogP contribution in [0.2, 0.25) is 0 Å². The largest absolute Gasteiger partial charge is 0.481 e. The maximum atomic E-state index is 12.5. The Morgan fingerprint density at radius 3 is 2.34 bits per heavy atom. The van der Waals surface area contributed by atoms with E-state index >= 15 is 0 Å². The number of carboxylic acid groups (broad SMARTS) is 1. The first-order valence-corrected chi connectivity index (χ1v) is 9.60. The van der Waals surface area contributed by atoms with Crippen LogP contribution in [0.25, 0.3) is 11.1 Å². The Morgan fingerprint density at radius 2 is 1.76 bits per heavy atom. The third kappa shape index (κ3) is 4.34. The van der Waals surface area contributed by atoms with Crippen LogP contribution in [0.5, 0.6) is 0 Å². The molecule has 4 rings (SSSR count). The second kappa shape index (κ2) is 7.87. The molecule has 1 saturated carbocycles. The fourth-order valence-corrected chi connectivity index (χ4v) is 3.62. The van der Waals surface area contributed by atoms with E-state index in [0.717, 1.165) is 16.7 Å². The number of nitrogens with zero attached hydrogens (tertiary/aromatic N) is 2. The highest BCUT2D eigenvalue weighted by molar-refractivity contribution is 5.92. The predicted molar refractivity (Wildman–Crippen MR) is 107 cm³/mol. The first-order valence-electron chi connectivity index (χ1n) is 9.60. The number of carbonyl (C=O) groups is 2. The minimum absolute atomic E-state index is 0.259. The first kappa shape index (κ1) is 18.9. The van der Waals surface area contributed by atoms with Crippen molar-refractivity contribution in [3.63, 3.8) is 0 Å². The topological polar surface area (TPSA) is 108 Å². The molecule has 0 aliphatic heterocycles. The van der Waals surface area contributed by atoms with Crippen LogP contribution in [0.4, 0.5) is 0 Å². The van der Waals surface area contributed by atoms with Crippen LogP contribution >= 0.6 is 0 Å². The van der Waals surface area contributed by atoms with Gasteiger partial charge in [-0.1, -0.05) is 59.8 Å². The van der Waals surface area contributed by atoms with Gasteiger partial charge in [-0.05, 0) is 42.4 Å². The molecule has 3 N–H and O–H groups in total. The van der Waals surface area contributed by atoms with E-state index in [1.807, 2.05) is 42.5 Å². The van der Waals surface area contributed by atoms with E-state index in [2.05, 4.69) is 32.9 Å². The Balaban J connectivity index is 1.50. The molecule has 0 saturated heterocycles. The first-order chi connectivity index (χ1) is 14.1. The van der Waals surface area contributed by atoms with Gasteiger partial charge < -0.3 is 10.4 Å². The lowest BCUT2D eigenvalue weighted by Crippen LogP contribution is -2.39. The van der Waals surface area contributed by atoms with Crippen LogP contribution in [0.15, 0.2) is 60.8 Å². The molecule has 7 heteroatoms. The van der Waals surface area contributed by atoms with Crippen LogP contribution in [0, 0.1) is 5.41 Å². The lowest BCUT2D eigenvalue weighted by molar-refractivity contribution is -0.143. The highest BCUT2D eigenvalue weighted by Gasteiger charge is 2.51. The van der Waals surface area contributed by atoms with Crippen molar-refractivity contribution in [1.29, 1.82) is 0 Å². The van der Waals surface area contributed by atoms with E-state index in [1.165, 1.54) is 6.20 Å². The highest BCUT2D eigenvalue weighted by Crippen LogP contribution is 2.50. The quantitative estimate of drug-likeness (QED) is 0.548. The maximum Gasteiger partial charge on any atom is 0.309 e. The molecule has 0 radical (unpaired) electrons. The van der Waals surface area contributed by atoms with E-state index in [-0.39, 0.29) is 17.6 Å². The van der Waals surface area contributed by atoms with Crippen molar-refractivity contribution in [2.45, 2.75) is 31.7 Å². The van der Waals surface area contributed by atoms with Gasteiger partial charge in [0.15, 0.2) is 0 Å². The Hall–Kier alpha value is -3.48. The average Bonchev–Trinajstić information content (AvgIpc) is 3.31. The van der Waals surface area contributed by atoms with Gasteiger partial charge in [-0.25, -0.2) is 0 Å². The van der Waals surface area contributed by atoms with Crippen LogP contribution < -0.4 is 5.32 Å². The molecule has 1 amide bonds. The Bertz CT molecular complexity index is 981. The summed E-state index contributed by atoms with van der Waals surface area (Å²) in [7, 11) is 0. The van der Waals surface area contributed by atoms with Crippen LogP contribution in [-0.4, -0.2) is 38.4 Å². The van der Waals surface area contributed by atoms with E-state index in [0.29, 0.717) is 25.7 Å². The summed E-state index contributed by atoms with van der Waals surface area (Å²) in [5.41, 5.74) is 2.82. The summed E-state index contributed by atoms with van der Waals surface area (Å²) in [6.07, 6.45) is 3.60. The molecule has 7 nitrogen and oxygen atoms in total. The number of aromatic amines is 1. The number of hydrogen-bond donors (Lipinski definition) is 3. The van der Waals surface area contributed by atoms with E-state index in [1.54, 1.807) is 0 Å². The van der Waals surface area contributed by atoms with E-state index in [9.17, 15) is 14.7 Å². The Kier molecular flexibility index (Phi) is 5.12. The molecule has 2 aromatic carbocycles. The Morgan fingerprint density at radius 1 is 1.07 bits per heavy atom. The maximum absolute atomic E-state index is 12.5. The van der Waals surface area contributed by atoms with Gasteiger partial charge in [0.2, 0.25) is 0 Å². The van der Waals surface area contributed by atoms with Crippen molar-refractivity contribution in [1.82, 2.24) is 20.7 Å². The fraction of sp³-hybridized carbons (Fsp3) is 0.273. The number of nitrogens with one attached hydrogen (secondary N) is 2. The number of carboxylic acids is 1. The highest BCUT2D eigenvalue weighted by atomic mass is 16.4.